The van der Waals surface area contributed by atoms with Gasteiger partial charge in [0.05, 0.1) is 16.7 Å². The number of hydrogen-bond acceptors (Lipinski definition) is 5. The summed E-state index contributed by atoms with van der Waals surface area (Å²) in [4.78, 5) is 31.3. The molecule has 2 aromatic carbocycles. The van der Waals surface area contributed by atoms with Crippen LogP contribution < -0.4 is 14.9 Å². The molecular formula is C23H19BrN2O3S. The van der Waals surface area contributed by atoms with Gasteiger partial charge >= 0.3 is 5.97 Å². The normalized spacial score (nSPS) is 16.2. The van der Waals surface area contributed by atoms with Gasteiger partial charge in [0.25, 0.3) is 5.56 Å². The fourth-order valence-electron chi connectivity index (χ4n) is 3.44. The highest BCUT2D eigenvalue weighted by molar-refractivity contribution is 9.10. The highest BCUT2D eigenvalue weighted by Crippen LogP contribution is 2.32. The zero-order valence-electron chi connectivity index (χ0n) is 16.5. The van der Waals surface area contributed by atoms with E-state index in [1.54, 1.807) is 13.8 Å². The molecule has 1 aliphatic rings. The molecule has 5 nitrogen and oxygen atoms in total. The van der Waals surface area contributed by atoms with Crippen molar-refractivity contribution in [3.8, 4) is 0 Å². The number of thiazole rings is 1. The fourth-order valence-corrected chi connectivity index (χ4v) is 4.90. The molecule has 1 aliphatic heterocycles. The molecule has 0 saturated carbocycles. The quantitative estimate of drug-likeness (QED) is 0.533. The summed E-state index contributed by atoms with van der Waals surface area (Å²) in [6.07, 6.45) is 1.84. The third-order valence-corrected chi connectivity index (χ3v) is 6.28. The molecule has 7 heteroatoms. The Kier molecular flexibility index (Phi) is 5.83. The summed E-state index contributed by atoms with van der Waals surface area (Å²) in [5, 5.41) is 0. The van der Waals surface area contributed by atoms with Gasteiger partial charge in [-0.15, -0.1) is 0 Å². The number of carbonyl (C=O) groups excluding carboxylic acids is 1. The zero-order chi connectivity index (χ0) is 21.3. The average Bonchev–Trinajstić information content (AvgIpc) is 3.04. The lowest BCUT2D eigenvalue weighted by atomic mass is 9.97. The van der Waals surface area contributed by atoms with Gasteiger partial charge in [-0.05, 0) is 43.2 Å². The van der Waals surface area contributed by atoms with E-state index in [4.69, 9.17) is 9.73 Å². The van der Waals surface area contributed by atoms with Crippen LogP contribution in [-0.2, 0) is 9.53 Å². The summed E-state index contributed by atoms with van der Waals surface area (Å²) in [7, 11) is 0. The Morgan fingerprint density at radius 1 is 1.23 bits per heavy atom. The molecule has 0 aliphatic carbocycles. The van der Waals surface area contributed by atoms with Crippen molar-refractivity contribution in [2.24, 2.45) is 4.99 Å². The molecule has 0 fully saturated rings. The molecule has 0 saturated heterocycles. The SMILES string of the molecule is CCOC(=O)C1=C(C)n2c(s/c(=C\c3cccc(Br)c3)c2=O)=N[C@@H]1c1ccccc1. The Balaban J connectivity index is 1.95. The van der Waals surface area contributed by atoms with Gasteiger partial charge in [-0.1, -0.05) is 69.7 Å². The maximum absolute atomic E-state index is 13.2. The van der Waals surface area contributed by atoms with Gasteiger partial charge in [0, 0.05) is 10.2 Å². The number of fused-ring (bicyclic) bond motifs is 1. The number of benzene rings is 2. The molecule has 2 heterocycles. The van der Waals surface area contributed by atoms with E-state index in [0.717, 1.165) is 15.6 Å². The molecule has 152 valence electrons. The number of aromatic nitrogens is 1. The summed E-state index contributed by atoms with van der Waals surface area (Å²) < 4.78 is 8.30. The summed E-state index contributed by atoms with van der Waals surface area (Å²) in [6, 6.07) is 16.8. The molecule has 0 bridgehead atoms. The number of ether oxygens (including phenoxy) is 1. The minimum absolute atomic E-state index is 0.190. The van der Waals surface area contributed by atoms with E-state index in [1.165, 1.54) is 15.9 Å². The van der Waals surface area contributed by atoms with Crippen LogP contribution >= 0.6 is 27.3 Å². The van der Waals surface area contributed by atoms with E-state index >= 15 is 0 Å². The van der Waals surface area contributed by atoms with E-state index in [2.05, 4.69) is 15.9 Å². The van der Waals surface area contributed by atoms with Crippen molar-refractivity contribution in [1.82, 2.24) is 4.57 Å². The van der Waals surface area contributed by atoms with Crippen LogP contribution in [-0.4, -0.2) is 17.1 Å². The van der Waals surface area contributed by atoms with E-state index in [1.807, 2.05) is 60.7 Å². The minimum Gasteiger partial charge on any atom is -0.463 e. The number of allylic oxidation sites excluding steroid dienone is 1. The Morgan fingerprint density at radius 2 is 2.00 bits per heavy atom. The lowest BCUT2D eigenvalue weighted by Gasteiger charge is -2.22. The van der Waals surface area contributed by atoms with Gasteiger partial charge in [0.1, 0.15) is 6.04 Å². The number of halogens is 1. The second-order valence-corrected chi connectivity index (χ2v) is 8.68. The number of carbonyl (C=O) groups is 1. The lowest BCUT2D eigenvalue weighted by molar-refractivity contribution is -0.138. The van der Waals surface area contributed by atoms with Crippen LogP contribution in [0.25, 0.3) is 11.8 Å². The second kappa shape index (κ2) is 8.53. The molecule has 4 rings (SSSR count). The molecule has 0 N–H and O–H groups in total. The van der Waals surface area contributed by atoms with Gasteiger partial charge in [-0.2, -0.15) is 0 Å². The first-order valence-corrected chi connectivity index (χ1v) is 11.1. The second-order valence-electron chi connectivity index (χ2n) is 6.75. The van der Waals surface area contributed by atoms with Crippen LogP contribution in [0, 0.1) is 0 Å². The largest absolute Gasteiger partial charge is 0.463 e. The van der Waals surface area contributed by atoms with Gasteiger partial charge in [0.2, 0.25) is 0 Å². The minimum atomic E-state index is -0.512. The Labute approximate surface area is 185 Å². The van der Waals surface area contributed by atoms with Crippen LogP contribution in [0.1, 0.15) is 31.0 Å². The Hall–Kier alpha value is -2.77. The number of hydrogen-bond donors (Lipinski definition) is 0. The van der Waals surface area contributed by atoms with Gasteiger partial charge in [-0.3, -0.25) is 9.36 Å². The van der Waals surface area contributed by atoms with Crippen LogP contribution in [0.2, 0.25) is 0 Å². The third-order valence-electron chi connectivity index (χ3n) is 4.80. The molecule has 0 amide bonds. The summed E-state index contributed by atoms with van der Waals surface area (Å²) in [6.45, 7) is 3.79. The van der Waals surface area contributed by atoms with Crippen LogP contribution in [0.15, 0.2) is 74.4 Å². The van der Waals surface area contributed by atoms with Crippen molar-refractivity contribution in [3.05, 3.63) is 95.5 Å². The van der Waals surface area contributed by atoms with Crippen molar-refractivity contribution < 1.29 is 9.53 Å². The smallest absolute Gasteiger partial charge is 0.338 e. The molecule has 1 aromatic heterocycles. The first kappa shape index (κ1) is 20.5. The average molecular weight is 483 g/mol. The number of nitrogens with zero attached hydrogens (tertiary/aromatic N) is 2. The summed E-state index contributed by atoms with van der Waals surface area (Å²) >= 11 is 4.77. The van der Waals surface area contributed by atoms with Crippen molar-refractivity contribution in [2.75, 3.05) is 6.61 Å². The molecule has 3 aromatic rings. The molecular weight excluding hydrogens is 464 g/mol. The lowest BCUT2D eigenvalue weighted by Crippen LogP contribution is -2.35. The first-order chi connectivity index (χ1) is 14.5. The predicted molar refractivity (Wildman–Crippen MR) is 122 cm³/mol. The van der Waals surface area contributed by atoms with Crippen LogP contribution in [0.4, 0.5) is 0 Å². The molecule has 0 radical (unpaired) electrons. The molecule has 1 atom stereocenters. The summed E-state index contributed by atoms with van der Waals surface area (Å²) in [5.41, 5.74) is 2.55. The molecule has 30 heavy (non-hydrogen) atoms. The standard InChI is InChI=1S/C23H19BrN2O3S/c1-3-29-22(28)19-14(2)26-21(27)18(13-15-8-7-11-17(24)12-15)30-23(26)25-20(19)16-9-5-4-6-10-16/h4-13,20H,3H2,1-2H3/b18-13-/t20-/m1/s1. The molecule has 0 spiro atoms. The maximum atomic E-state index is 13.2. The highest BCUT2D eigenvalue weighted by Gasteiger charge is 2.31. The van der Waals surface area contributed by atoms with E-state index in [9.17, 15) is 9.59 Å². The van der Waals surface area contributed by atoms with E-state index in [0.29, 0.717) is 20.6 Å². The summed E-state index contributed by atoms with van der Waals surface area (Å²) in [5.74, 6) is -0.450. The third kappa shape index (κ3) is 3.82. The van der Waals surface area contributed by atoms with Gasteiger partial charge in [0.15, 0.2) is 4.80 Å². The van der Waals surface area contributed by atoms with Crippen molar-refractivity contribution in [3.63, 3.8) is 0 Å². The van der Waals surface area contributed by atoms with E-state index in [-0.39, 0.29) is 12.2 Å². The first-order valence-electron chi connectivity index (χ1n) is 9.49. The van der Waals surface area contributed by atoms with Crippen molar-refractivity contribution in [2.45, 2.75) is 19.9 Å². The van der Waals surface area contributed by atoms with Crippen molar-refractivity contribution in [1.29, 1.82) is 0 Å². The monoisotopic (exact) mass is 482 g/mol. The predicted octanol–water partition coefficient (Wildman–Crippen LogP) is 3.67. The number of esters is 1. The van der Waals surface area contributed by atoms with Gasteiger partial charge < -0.3 is 4.74 Å². The molecule has 0 unspecified atom stereocenters. The van der Waals surface area contributed by atoms with Crippen molar-refractivity contribution >= 4 is 45.0 Å². The Bertz CT molecular complexity index is 1320. The highest BCUT2D eigenvalue weighted by atomic mass is 79.9. The zero-order valence-corrected chi connectivity index (χ0v) is 18.9. The topological polar surface area (TPSA) is 60.7 Å². The van der Waals surface area contributed by atoms with Crippen LogP contribution in [0.3, 0.4) is 0 Å². The number of rotatable bonds is 4. The maximum Gasteiger partial charge on any atom is 0.338 e. The van der Waals surface area contributed by atoms with Crippen LogP contribution in [0.5, 0.6) is 0 Å². The van der Waals surface area contributed by atoms with E-state index < -0.39 is 12.0 Å². The Morgan fingerprint density at radius 3 is 2.70 bits per heavy atom. The van der Waals surface area contributed by atoms with Gasteiger partial charge in [-0.25, -0.2) is 9.79 Å². The fraction of sp³-hybridized carbons (Fsp3) is 0.174.